The minimum Gasteiger partial charge on any atom is -0.332 e. The molecule has 0 bridgehead atoms. The predicted octanol–water partition coefficient (Wildman–Crippen LogP) is 2.08. The molecule has 0 aromatic carbocycles. The summed E-state index contributed by atoms with van der Waals surface area (Å²) in [5, 5.41) is 4.26. The molecule has 3 aromatic rings. The number of hydrogen-bond acceptors (Lipinski definition) is 4. The normalized spacial score (nSPS) is 17.2. The summed E-state index contributed by atoms with van der Waals surface area (Å²) in [6.07, 6.45) is 11.0. The maximum Gasteiger partial charge on any atom is 0.272 e. The second-order valence-corrected chi connectivity index (χ2v) is 6.27. The summed E-state index contributed by atoms with van der Waals surface area (Å²) >= 11 is 0. The van der Waals surface area contributed by atoms with Crippen LogP contribution >= 0.6 is 0 Å². The lowest BCUT2D eigenvalue weighted by atomic mass is 10.2. The lowest BCUT2D eigenvalue weighted by molar-refractivity contribution is 0.0715. The van der Waals surface area contributed by atoms with E-state index in [9.17, 15) is 4.79 Å². The van der Waals surface area contributed by atoms with Crippen LogP contribution in [-0.4, -0.2) is 47.7 Å². The van der Waals surface area contributed by atoms with Crippen molar-refractivity contribution in [1.82, 2.24) is 29.2 Å². The van der Waals surface area contributed by atoms with Gasteiger partial charge in [0.15, 0.2) is 0 Å². The van der Waals surface area contributed by atoms with Crippen LogP contribution in [0.3, 0.4) is 0 Å². The number of likely N-dealkylation sites (tertiary alicyclic amines) is 1. The van der Waals surface area contributed by atoms with Gasteiger partial charge in [-0.2, -0.15) is 5.10 Å². The lowest BCUT2D eigenvalue weighted by Gasteiger charge is -2.24. The Morgan fingerprint density at radius 2 is 2.16 bits per heavy atom. The molecule has 0 saturated carbocycles. The van der Waals surface area contributed by atoms with Crippen LogP contribution in [0.5, 0.6) is 0 Å². The first kappa shape index (κ1) is 15.6. The molecule has 128 valence electrons. The van der Waals surface area contributed by atoms with Gasteiger partial charge in [-0.1, -0.05) is 0 Å². The van der Waals surface area contributed by atoms with Gasteiger partial charge in [-0.25, -0.2) is 4.98 Å². The van der Waals surface area contributed by atoms with Gasteiger partial charge in [0, 0.05) is 37.5 Å². The number of pyridine rings is 1. The van der Waals surface area contributed by atoms with Gasteiger partial charge in [-0.05, 0) is 38.0 Å². The monoisotopic (exact) mass is 336 g/mol. The molecule has 4 rings (SSSR count). The zero-order chi connectivity index (χ0) is 17.2. The van der Waals surface area contributed by atoms with E-state index in [0.717, 1.165) is 37.4 Å². The predicted molar refractivity (Wildman–Crippen MR) is 92.4 cm³/mol. The summed E-state index contributed by atoms with van der Waals surface area (Å²) in [5.41, 5.74) is 1.37. The Labute approximate surface area is 145 Å². The molecule has 0 radical (unpaired) electrons. The van der Waals surface area contributed by atoms with Crippen molar-refractivity contribution in [3.63, 3.8) is 0 Å². The van der Waals surface area contributed by atoms with E-state index in [1.165, 1.54) is 0 Å². The van der Waals surface area contributed by atoms with E-state index in [0.29, 0.717) is 5.69 Å². The summed E-state index contributed by atoms with van der Waals surface area (Å²) in [5.74, 6) is 0.858. The van der Waals surface area contributed by atoms with Crippen LogP contribution in [0.15, 0.2) is 49.2 Å². The van der Waals surface area contributed by atoms with Gasteiger partial charge in [0.2, 0.25) is 0 Å². The molecule has 0 spiro atoms. The average molecular weight is 336 g/mol. The van der Waals surface area contributed by atoms with Crippen LogP contribution in [0, 0.1) is 6.92 Å². The third kappa shape index (κ3) is 3.05. The van der Waals surface area contributed by atoms with Crippen LogP contribution in [0.25, 0.3) is 5.69 Å². The lowest BCUT2D eigenvalue weighted by Crippen LogP contribution is -2.38. The molecular weight excluding hydrogens is 316 g/mol. The van der Waals surface area contributed by atoms with E-state index in [-0.39, 0.29) is 11.9 Å². The molecule has 1 saturated heterocycles. The molecule has 7 nitrogen and oxygen atoms in total. The molecule has 0 N–H and O–H groups in total. The Morgan fingerprint density at radius 3 is 2.92 bits per heavy atom. The van der Waals surface area contributed by atoms with E-state index < -0.39 is 0 Å². The third-order valence-corrected chi connectivity index (χ3v) is 4.66. The first-order valence-electron chi connectivity index (χ1n) is 8.47. The number of aryl methyl sites for hydroxylation is 1. The second-order valence-electron chi connectivity index (χ2n) is 6.27. The maximum absolute atomic E-state index is 13.0. The summed E-state index contributed by atoms with van der Waals surface area (Å²) < 4.78 is 3.83. The van der Waals surface area contributed by atoms with Crippen molar-refractivity contribution in [2.45, 2.75) is 32.4 Å². The molecule has 0 aliphatic carbocycles. The van der Waals surface area contributed by atoms with Crippen molar-refractivity contribution in [3.05, 3.63) is 60.7 Å². The number of rotatable bonds is 4. The molecule has 1 amide bonds. The van der Waals surface area contributed by atoms with Gasteiger partial charge in [-0.15, -0.1) is 0 Å². The summed E-state index contributed by atoms with van der Waals surface area (Å²) in [7, 11) is 0. The third-order valence-electron chi connectivity index (χ3n) is 4.66. The minimum atomic E-state index is -0.0192. The van der Waals surface area contributed by atoms with E-state index >= 15 is 0 Å². The average Bonchev–Trinajstić information content (AvgIpc) is 3.37. The molecule has 1 aliphatic rings. The van der Waals surface area contributed by atoms with Gasteiger partial charge in [0.1, 0.15) is 11.5 Å². The largest absolute Gasteiger partial charge is 0.332 e. The van der Waals surface area contributed by atoms with Gasteiger partial charge in [0.25, 0.3) is 5.91 Å². The molecule has 1 fully saturated rings. The Balaban J connectivity index is 1.57. The SMILES string of the molecule is Cc1nccn1-c1ccnc(C(=O)N2CCC[C@H]2Cn2cccn2)c1. The standard InChI is InChI=1S/C18H20N6O/c1-14-19-8-11-23(14)15-5-7-20-17(12-15)18(25)24-10-2-4-16(24)13-22-9-3-6-21-22/h3,5-9,11-12,16H,2,4,10,13H2,1H3/t16-/m0/s1. The number of carbonyl (C=O) groups excluding carboxylic acids is 1. The molecule has 3 aromatic heterocycles. The van der Waals surface area contributed by atoms with E-state index in [2.05, 4.69) is 15.1 Å². The number of aromatic nitrogens is 5. The van der Waals surface area contributed by atoms with Gasteiger partial charge in [-0.3, -0.25) is 14.5 Å². The zero-order valence-corrected chi connectivity index (χ0v) is 14.1. The summed E-state index contributed by atoms with van der Waals surface area (Å²) in [6.45, 7) is 3.42. The second kappa shape index (κ2) is 6.51. The van der Waals surface area contributed by atoms with Crippen molar-refractivity contribution in [2.75, 3.05) is 6.54 Å². The highest BCUT2D eigenvalue weighted by Crippen LogP contribution is 2.22. The van der Waals surface area contributed by atoms with Crippen LogP contribution in [0.2, 0.25) is 0 Å². The smallest absolute Gasteiger partial charge is 0.272 e. The van der Waals surface area contributed by atoms with Crippen molar-refractivity contribution >= 4 is 5.91 Å². The number of carbonyl (C=O) groups is 1. The fourth-order valence-electron chi connectivity index (χ4n) is 3.40. The molecular formula is C18H20N6O. The molecule has 1 atom stereocenters. The van der Waals surface area contributed by atoms with E-state index in [1.807, 2.05) is 51.7 Å². The Morgan fingerprint density at radius 1 is 1.24 bits per heavy atom. The van der Waals surface area contributed by atoms with Crippen molar-refractivity contribution in [3.8, 4) is 5.69 Å². The molecule has 0 unspecified atom stereocenters. The maximum atomic E-state index is 13.0. The Kier molecular flexibility index (Phi) is 4.05. The minimum absolute atomic E-state index is 0.0192. The van der Waals surface area contributed by atoms with Crippen LogP contribution in [0.1, 0.15) is 29.2 Å². The van der Waals surface area contributed by atoms with Crippen molar-refractivity contribution < 1.29 is 4.79 Å². The van der Waals surface area contributed by atoms with Crippen molar-refractivity contribution in [2.24, 2.45) is 0 Å². The highest BCUT2D eigenvalue weighted by molar-refractivity contribution is 5.93. The molecule has 1 aliphatic heterocycles. The van der Waals surface area contributed by atoms with Gasteiger partial charge >= 0.3 is 0 Å². The Hall–Kier alpha value is -2.96. The van der Waals surface area contributed by atoms with Crippen LogP contribution in [0.4, 0.5) is 0 Å². The fourth-order valence-corrected chi connectivity index (χ4v) is 3.40. The summed E-state index contributed by atoms with van der Waals surface area (Å²) in [6, 6.07) is 5.78. The zero-order valence-electron chi connectivity index (χ0n) is 14.1. The fraction of sp³-hybridized carbons (Fsp3) is 0.333. The first-order chi connectivity index (χ1) is 12.2. The number of nitrogens with zero attached hydrogens (tertiary/aromatic N) is 6. The highest BCUT2D eigenvalue weighted by atomic mass is 16.2. The summed E-state index contributed by atoms with van der Waals surface area (Å²) in [4.78, 5) is 23.5. The molecule has 7 heteroatoms. The number of amides is 1. The highest BCUT2D eigenvalue weighted by Gasteiger charge is 2.30. The van der Waals surface area contributed by atoms with Crippen LogP contribution in [-0.2, 0) is 6.54 Å². The molecule has 4 heterocycles. The Bertz CT molecular complexity index is 869. The van der Waals surface area contributed by atoms with Crippen LogP contribution < -0.4 is 0 Å². The topological polar surface area (TPSA) is 68.8 Å². The van der Waals surface area contributed by atoms with Gasteiger partial charge < -0.3 is 9.47 Å². The van der Waals surface area contributed by atoms with E-state index in [4.69, 9.17) is 0 Å². The molecule has 25 heavy (non-hydrogen) atoms. The van der Waals surface area contributed by atoms with E-state index in [1.54, 1.807) is 18.6 Å². The van der Waals surface area contributed by atoms with Gasteiger partial charge in [0.05, 0.1) is 18.3 Å². The van der Waals surface area contributed by atoms with Crippen molar-refractivity contribution in [1.29, 1.82) is 0 Å². The first-order valence-corrected chi connectivity index (χ1v) is 8.47. The number of imidazole rings is 1. The quantitative estimate of drug-likeness (QED) is 0.731. The number of hydrogen-bond donors (Lipinski definition) is 0.